The molecule has 0 spiro atoms. The Morgan fingerprint density at radius 1 is 1.44 bits per heavy atom. The summed E-state index contributed by atoms with van der Waals surface area (Å²) in [7, 11) is 0. The van der Waals surface area contributed by atoms with Crippen molar-refractivity contribution in [2.24, 2.45) is 17.8 Å². The Morgan fingerprint density at radius 3 is 2.75 bits per heavy atom. The van der Waals surface area contributed by atoms with Crippen LogP contribution < -0.4 is 0 Å². The number of hydrogen-bond acceptors (Lipinski definition) is 2. The summed E-state index contributed by atoms with van der Waals surface area (Å²) in [5.41, 5.74) is -0.664. The van der Waals surface area contributed by atoms with Crippen molar-refractivity contribution in [2.45, 2.75) is 31.8 Å². The molecule has 1 N–H and O–H groups in total. The van der Waals surface area contributed by atoms with Crippen LogP contribution in [-0.4, -0.2) is 34.6 Å². The van der Waals surface area contributed by atoms with E-state index in [4.69, 9.17) is 0 Å². The minimum absolute atomic E-state index is 0.198. The lowest BCUT2D eigenvalue weighted by Crippen LogP contribution is -2.38. The number of nitrogens with zero attached hydrogens (tertiary/aromatic N) is 1. The lowest BCUT2D eigenvalue weighted by molar-refractivity contribution is -0.136. The maximum Gasteiger partial charge on any atom is 0.226 e. The van der Waals surface area contributed by atoms with Crippen LogP contribution in [-0.2, 0) is 4.79 Å². The first-order valence-electron chi connectivity index (χ1n) is 6.25. The lowest BCUT2D eigenvalue weighted by atomic mass is 9.92. The van der Waals surface area contributed by atoms with Crippen molar-refractivity contribution in [3.63, 3.8) is 0 Å². The van der Waals surface area contributed by atoms with Crippen molar-refractivity contribution in [1.82, 2.24) is 4.90 Å². The number of likely N-dealkylation sites (tertiary alicyclic amines) is 1. The van der Waals surface area contributed by atoms with Gasteiger partial charge >= 0.3 is 0 Å². The molecule has 1 saturated heterocycles. The molecule has 3 heteroatoms. The van der Waals surface area contributed by atoms with E-state index in [1.54, 1.807) is 0 Å². The Labute approximate surface area is 96.1 Å². The molecule has 0 aromatic heterocycles. The Hall–Kier alpha value is -0.830. The highest BCUT2D eigenvalue weighted by Gasteiger charge is 2.44. The summed E-state index contributed by atoms with van der Waals surface area (Å²) >= 11 is 0. The van der Waals surface area contributed by atoms with Crippen LogP contribution in [0.25, 0.3) is 0 Å². The molecule has 1 heterocycles. The van der Waals surface area contributed by atoms with Gasteiger partial charge in [0.1, 0.15) is 0 Å². The Morgan fingerprint density at radius 2 is 2.25 bits per heavy atom. The van der Waals surface area contributed by atoms with Gasteiger partial charge < -0.3 is 10.0 Å². The zero-order valence-corrected chi connectivity index (χ0v) is 9.72. The van der Waals surface area contributed by atoms with E-state index in [9.17, 15) is 9.90 Å². The number of amides is 1. The van der Waals surface area contributed by atoms with E-state index in [-0.39, 0.29) is 11.8 Å². The third kappa shape index (κ3) is 1.58. The highest BCUT2D eigenvalue weighted by Crippen LogP contribution is 2.44. The minimum atomic E-state index is -0.664. The molecule has 1 amide bonds. The van der Waals surface area contributed by atoms with E-state index in [2.05, 4.69) is 12.2 Å². The van der Waals surface area contributed by atoms with Gasteiger partial charge in [-0.15, -0.1) is 0 Å². The summed E-state index contributed by atoms with van der Waals surface area (Å²) in [5.74, 6) is 1.59. The molecule has 0 aromatic carbocycles. The minimum Gasteiger partial charge on any atom is -0.388 e. The van der Waals surface area contributed by atoms with Crippen LogP contribution in [0.1, 0.15) is 26.2 Å². The summed E-state index contributed by atoms with van der Waals surface area (Å²) in [5, 5.41) is 9.88. The lowest BCUT2D eigenvalue weighted by Gasteiger charge is -2.25. The number of allylic oxidation sites excluding steroid dienone is 2. The molecule has 3 rings (SSSR count). The van der Waals surface area contributed by atoms with Gasteiger partial charge in [-0.2, -0.15) is 0 Å². The van der Waals surface area contributed by atoms with E-state index in [1.165, 1.54) is 6.42 Å². The molecule has 88 valence electrons. The van der Waals surface area contributed by atoms with Crippen LogP contribution in [0.4, 0.5) is 0 Å². The fourth-order valence-corrected chi connectivity index (χ4v) is 3.43. The highest BCUT2D eigenvalue weighted by molar-refractivity contribution is 5.80. The topological polar surface area (TPSA) is 40.5 Å². The van der Waals surface area contributed by atoms with E-state index < -0.39 is 5.60 Å². The molecule has 16 heavy (non-hydrogen) atoms. The number of fused-ring (bicyclic) bond motifs is 2. The van der Waals surface area contributed by atoms with Gasteiger partial charge in [-0.1, -0.05) is 12.2 Å². The Kier molecular flexibility index (Phi) is 2.15. The normalized spacial score (nSPS) is 45.6. The molecule has 2 fully saturated rings. The maximum absolute atomic E-state index is 12.3. The van der Waals surface area contributed by atoms with Gasteiger partial charge in [0, 0.05) is 19.0 Å². The molecule has 0 radical (unpaired) electrons. The van der Waals surface area contributed by atoms with Gasteiger partial charge in [0.15, 0.2) is 0 Å². The molecule has 2 bridgehead atoms. The SMILES string of the molecule is CC1(O)CCN(C(=O)C2CC3C=CC2C3)C1. The quantitative estimate of drug-likeness (QED) is 0.675. The average molecular weight is 221 g/mol. The van der Waals surface area contributed by atoms with E-state index >= 15 is 0 Å². The van der Waals surface area contributed by atoms with Crippen molar-refractivity contribution < 1.29 is 9.90 Å². The maximum atomic E-state index is 12.3. The molecular weight excluding hydrogens is 202 g/mol. The van der Waals surface area contributed by atoms with E-state index in [1.807, 2.05) is 11.8 Å². The number of hydrogen-bond donors (Lipinski definition) is 1. The second-order valence-electron chi connectivity index (χ2n) is 5.89. The largest absolute Gasteiger partial charge is 0.388 e. The van der Waals surface area contributed by atoms with Gasteiger partial charge in [-0.05, 0) is 38.0 Å². The fourth-order valence-electron chi connectivity index (χ4n) is 3.43. The summed E-state index contributed by atoms with van der Waals surface area (Å²) in [4.78, 5) is 14.2. The first-order valence-corrected chi connectivity index (χ1v) is 6.25. The standard InChI is InChI=1S/C13H19NO2/c1-13(16)4-5-14(8-13)12(15)11-7-9-2-3-10(11)6-9/h2-3,9-11,16H,4-8H2,1H3. The monoisotopic (exact) mass is 221 g/mol. The van der Waals surface area contributed by atoms with Crippen molar-refractivity contribution in [1.29, 1.82) is 0 Å². The molecular formula is C13H19NO2. The second-order valence-corrected chi connectivity index (χ2v) is 5.89. The van der Waals surface area contributed by atoms with Crippen molar-refractivity contribution >= 4 is 5.91 Å². The summed E-state index contributed by atoms with van der Waals surface area (Å²) < 4.78 is 0. The van der Waals surface area contributed by atoms with Crippen LogP contribution in [0.5, 0.6) is 0 Å². The van der Waals surface area contributed by atoms with Gasteiger partial charge in [-0.3, -0.25) is 4.79 Å². The van der Waals surface area contributed by atoms with E-state index in [0.717, 1.165) is 19.4 Å². The van der Waals surface area contributed by atoms with Gasteiger partial charge in [0.25, 0.3) is 0 Å². The van der Waals surface area contributed by atoms with E-state index in [0.29, 0.717) is 18.4 Å². The van der Waals surface area contributed by atoms with Gasteiger partial charge in [-0.25, -0.2) is 0 Å². The predicted molar refractivity (Wildman–Crippen MR) is 60.7 cm³/mol. The molecule has 1 saturated carbocycles. The number of rotatable bonds is 1. The fraction of sp³-hybridized carbons (Fsp3) is 0.769. The smallest absolute Gasteiger partial charge is 0.226 e. The Bertz CT molecular complexity index is 348. The predicted octanol–water partition coefficient (Wildman–Crippen LogP) is 1.18. The van der Waals surface area contributed by atoms with Crippen molar-refractivity contribution in [3.8, 4) is 0 Å². The molecule has 3 aliphatic rings. The number of β-amino-alcohol motifs (C(OH)–C–C–N with tert-alkyl or cyclic N) is 1. The van der Waals surface area contributed by atoms with Crippen LogP contribution in [0.3, 0.4) is 0 Å². The zero-order chi connectivity index (χ0) is 11.3. The van der Waals surface area contributed by atoms with Gasteiger partial charge in [0.05, 0.1) is 5.60 Å². The van der Waals surface area contributed by atoms with Gasteiger partial charge in [0.2, 0.25) is 5.91 Å². The third-order valence-electron chi connectivity index (χ3n) is 4.36. The van der Waals surface area contributed by atoms with Crippen LogP contribution in [0.15, 0.2) is 12.2 Å². The average Bonchev–Trinajstić information content (AvgIpc) is 2.90. The summed E-state index contributed by atoms with van der Waals surface area (Å²) in [6.45, 7) is 3.06. The van der Waals surface area contributed by atoms with Crippen molar-refractivity contribution in [2.75, 3.05) is 13.1 Å². The molecule has 4 atom stereocenters. The highest BCUT2D eigenvalue weighted by atomic mass is 16.3. The molecule has 1 aliphatic heterocycles. The number of aliphatic hydroxyl groups is 1. The van der Waals surface area contributed by atoms with Crippen LogP contribution >= 0.6 is 0 Å². The molecule has 2 aliphatic carbocycles. The number of carbonyl (C=O) groups excluding carboxylic acids is 1. The van der Waals surface area contributed by atoms with Crippen molar-refractivity contribution in [3.05, 3.63) is 12.2 Å². The molecule has 3 nitrogen and oxygen atoms in total. The summed E-state index contributed by atoms with van der Waals surface area (Å²) in [6.07, 6.45) is 7.38. The van der Waals surface area contributed by atoms with Crippen LogP contribution in [0.2, 0.25) is 0 Å². The summed E-state index contributed by atoms with van der Waals surface area (Å²) in [6, 6.07) is 0. The third-order valence-corrected chi connectivity index (χ3v) is 4.36. The zero-order valence-electron chi connectivity index (χ0n) is 9.72. The first-order chi connectivity index (χ1) is 7.55. The first kappa shape index (κ1) is 10.3. The number of carbonyl (C=O) groups is 1. The molecule has 4 unspecified atom stereocenters. The molecule has 0 aromatic rings. The van der Waals surface area contributed by atoms with Crippen LogP contribution in [0, 0.1) is 17.8 Å². The second kappa shape index (κ2) is 3.33. The Balaban J connectivity index is 1.68.